The zero-order chi connectivity index (χ0) is 17.6. The van der Waals surface area contributed by atoms with Crippen LogP contribution < -0.4 is 10.1 Å². The molecule has 25 heavy (non-hydrogen) atoms. The van der Waals surface area contributed by atoms with Crippen LogP contribution in [0.3, 0.4) is 0 Å². The van der Waals surface area contributed by atoms with Crippen LogP contribution >= 0.6 is 11.6 Å². The average Bonchev–Trinajstić information content (AvgIpc) is 3.04. The fourth-order valence-corrected chi connectivity index (χ4v) is 2.51. The van der Waals surface area contributed by atoms with Gasteiger partial charge < -0.3 is 10.1 Å². The van der Waals surface area contributed by atoms with Gasteiger partial charge in [-0.1, -0.05) is 23.7 Å². The molecule has 1 N–H and O–H groups in total. The fraction of sp³-hybridized carbons (Fsp3) is 0.158. The number of carbonyl (C=O) groups excluding carboxylic acids is 1. The smallest absolute Gasteiger partial charge is 0.256 e. The molecule has 2 aromatic carbocycles. The number of amides is 1. The standard InChI is InChI=1S/C19H18ClN3O2/c1-2-25-17-9-5-15(6-10-17)19(24)22-18-11-12-21-23(18)13-14-3-7-16(20)8-4-14/h3-12H,2,13H2,1H3,(H,22,24). The van der Waals surface area contributed by atoms with E-state index in [1.165, 1.54) is 0 Å². The van der Waals surface area contributed by atoms with Crippen LogP contribution in [0.5, 0.6) is 5.75 Å². The molecule has 0 aliphatic carbocycles. The van der Waals surface area contributed by atoms with Crippen LogP contribution in [0.4, 0.5) is 5.82 Å². The molecule has 0 unspecified atom stereocenters. The number of nitrogens with zero attached hydrogens (tertiary/aromatic N) is 2. The van der Waals surface area contributed by atoms with Gasteiger partial charge >= 0.3 is 0 Å². The maximum Gasteiger partial charge on any atom is 0.256 e. The minimum Gasteiger partial charge on any atom is -0.494 e. The van der Waals surface area contributed by atoms with Crippen LogP contribution in [0.2, 0.25) is 5.02 Å². The first-order valence-corrected chi connectivity index (χ1v) is 8.34. The summed E-state index contributed by atoms with van der Waals surface area (Å²) in [5.74, 6) is 1.18. The monoisotopic (exact) mass is 355 g/mol. The van der Waals surface area contributed by atoms with Crippen LogP contribution in [0, 0.1) is 0 Å². The Labute approximate surface area is 151 Å². The molecule has 6 heteroatoms. The number of benzene rings is 2. The van der Waals surface area contributed by atoms with Gasteiger partial charge in [0.25, 0.3) is 5.91 Å². The Balaban J connectivity index is 1.69. The summed E-state index contributed by atoms with van der Waals surface area (Å²) in [6, 6.07) is 16.3. The minimum atomic E-state index is -0.194. The Hall–Kier alpha value is -2.79. The Morgan fingerprint density at radius 3 is 2.52 bits per heavy atom. The predicted octanol–water partition coefficient (Wildman–Crippen LogP) is 4.24. The predicted molar refractivity (Wildman–Crippen MR) is 98.3 cm³/mol. The quantitative estimate of drug-likeness (QED) is 0.719. The van der Waals surface area contributed by atoms with E-state index in [-0.39, 0.29) is 5.91 Å². The molecule has 0 saturated carbocycles. The number of ether oxygens (including phenoxy) is 1. The number of rotatable bonds is 6. The second-order valence-corrected chi connectivity index (χ2v) is 5.85. The molecule has 1 amide bonds. The largest absolute Gasteiger partial charge is 0.494 e. The lowest BCUT2D eigenvalue weighted by Crippen LogP contribution is -2.16. The Bertz CT molecular complexity index is 842. The van der Waals surface area contributed by atoms with Crippen molar-refractivity contribution < 1.29 is 9.53 Å². The normalized spacial score (nSPS) is 10.5. The van der Waals surface area contributed by atoms with Gasteiger partial charge in [0.1, 0.15) is 11.6 Å². The van der Waals surface area contributed by atoms with E-state index >= 15 is 0 Å². The van der Waals surface area contributed by atoms with E-state index in [9.17, 15) is 4.79 Å². The number of anilines is 1. The maximum atomic E-state index is 12.4. The number of hydrogen-bond acceptors (Lipinski definition) is 3. The van der Waals surface area contributed by atoms with E-state index in [1.807, 2.05) is 31.2 Å². The first-order valence-electron chi connectivity index (χ1n) is 7.96. The number of nitrogens with one attached hydrogen (secondary N) is 1. The highest BCUT2D eigenvalue weighted by Gasteiger charge is 2.10. The molecule has 0 fully saturated rings. The van der Waals surface area contributed by atoms with E-state index in [4.69, 9.17) is 16.3 Å². The van der Waals surface area contributed by atoms with E-state index in [0.29, 0.717) is 29.6 Å². The van der Waals surface area contributed by atoms with Crippen molar-refractivity contribution in [2.45, 2.75) is 13.5 Å². The average molecular weight is 356 g/mol. The van der Waals surface area contributed by atoms with Crippen molar-refractivity contribution in [1.82, 2.24) is 9.78 Å². The lowest BCUT2D eigenvalue weighted by Gasteiger charge is -2.10. The molecule has 0 bridgehead atoms. The second-order valence-electron chi connectivity index (χ2n) is 5.41. The van der Waals surface area contributed by atoms with Crippen LogP contribution in [0.15, 0.2) is 60.8 Å². The molecule has 0 atom stereocenters. The van der Waals surface area contributed by atoms with Gasteiger partial charge in [0.05, 0.1) is 19.3 Å². The van der Waals surface area contributed by atoms with Gasteiger partial charge in [-0.05, 0) is 48.9 Å². The third kappa shape index (κ3) is 4.39. The highest BCUT2D eigenvalue weighted by Crippen LogP contribution is 2.16. The van der Waals surface area contributed by atoms with Crippen molar-refractivity contribution in [3.63, 3.8) is 0 Å². The molecule has 0 aliphatic heterocycles. The van der Waals surface area contributed by atoms with E-state index in [0.717, 1.165) is 11.3 Å². The topological polar surface area (TPSA) is 56.1 Å². The Kier molecular flexibility index (Phi) is 5.36. The second kappa shape index (κ2) is 7.85. The lowest BCUT2D eigenvalue weighted by atomic mass is 10.2. The van der Waals surface area contributed by atoms with Crippen LogP contribution in [-0.4, -0.2) is 22.3 Å². The summed E-state index contributed by atoms with van der Waals surface area (Å²) in [4.78, 5) is 12.4. The molecule has 0 radical (unpaired) electrons. The van der Waals surface area contributed by atoms with Crippen LogP contribution in [-0.2, 0) is 6.54 Å². The first kappa shape index (κ1) is 17.0. The molecule has 0 saturated heterocycles. The summed E-state index contributed by atoms with van der Waals surface area (Å²) in [6.45, 7) is 3.06. The zero-order valence-corrected chi connectivity index (χ0v) is 14.5. The fourth-order valence-electron chi connectivity index (χ4n) is 2.39. The molecular formula is C19H18ClN3O2. The highest BCUT2D eigenvalue weighted by molar-refractivity contribution is 6.30. The third-order valence-corrected chi connectivity index (χ3v) is 3.88. The SMILES string of the molecule is CCOc1ccc(C(=O)Nc2ccnn2Cc2ccc(Cl)cc2)cc1. The molecule has 0 aliphatic rings. The Morgan fingerprint density at radius 1 is 1.12 bits per heavy atom. The van der Waals surface area contributed by atoms with Gasteiger partial charge in [0.15, 0.2) is 0 Å². The summed E-state index contributed by atoms with van der Waals surface area (Å²) in [7, 11) is 0. The molecule has 128 valence electrons. The van der Waals surface area contributed by atoms with Crippen molar-refractivity contribution in [3.8, 4) is 5.75 Å². The summed E-state index contributed by atoms with van der Waals surface area (Å²) < 4.78 is 7.12. The molecule has 0 spiro atoms. The molecule has 3 rings (SSSR count). The van der Waals surface area contributed by atoms with Crippen molar-refractivity contribution >= 4 is 23.3 Å². The number of aromatic nitrogens is 2. The van der Waals surface area contributed by atoms with Gasteiger partial charge in [0, 0.05) is 16.7 Å². The van der Waals surface area contributed by atoms with E-state index in [2.05, 4.69) is 10.4 Å². The van der Waals surface area contributed by atoms with E-state index < -0.39 is 0 Å². The zero-order valence-electron chi connectivity index (χ0n) is 13.8. The van der Waals surface area contributed by atoms with Gasteiger partial charge in [-0.15, -0.1) is 0 Å². The van der Waals surface area contributed by atoms with Crippen molar-refractivity contribution in [2.24, 2.45) is 0 Å². The van der Waals surface area contributed by atoms with E-state index in [1.54, 1.807) is 41.2 Å². The van der Waals surface area contributed by atoms with Crippen molar-refractivity contribution in [3.05, 3.63) is 76.9 Å². The highest BCUT2D eigenvalue weighted by atomic mass is 35.5. The maximum absolute atomic E-state index is 12.4. The number of carbonyl (C=O) groups is 1. The molecule has 5 nitrogen and oxygen atoms in total. The molecule has 1 aromatic heterocycles. The van der Waals surface area contributed by atoms with Gasteiger partial charge in [-0.3, -0.25) is 4.79 Å². The molecule has 1 heterocycles. The van der Waals surface area contributed by atoms with Gasteiger partial charge in [-0.2, -0.15) is 5.10 Å². The van der Waals surface area contributed by atoms with Crippen molar-refractivity contribution in [1.29, 1.82) is 0 Å². The van der Waals surface area contributed by atoms with Gasteiger partial charge in [0.2, 0.25) is 0 Å². The van der Waals surface area contributed by atoms with Crippen LogP contribution in [0.25, 0.3) is 0 Å². The molecule has 3 aromatic rings. The third-order valence-electron chi connectivity index (χ3n) is 3.63. The van der Waals surface area contributed by atoms with Crippen LogP contribution in [0.1, 0.15) is 22.8 Å². The number of halogens is 1. The number of hydrogen-bond donors (Lipinski definition) is 1. The van der Waals surface area contributed by atoms with Crippen molar-refractivity contribution in [2.75, 3.05) is 11.9 Å². The van der Waals surface area contributed by atoms with Gasteiger partial charge in [-0.25, -0.2) is 4.68 Å². The minimum absolute atomic E-state index is 0.194. The Morgan fingerprint density at radius 2 is 1.84 bits per heavy atom. The lowest BCUT2D eigenvalue weighted by molar-refractivity contribution is 0.102. The first-order chi connectivity index (χ1) is 12.2. The summed E-state index contributed by atoms with van der Waals surface area (Å²) in [5.41, 5.74) is 1.60. The molecular weight excluding hydrogens is 338 g/mol. The summed E-state index contributed by atoms with van der Waals surface area (Å²) in [6.07, 6.45) is 1.66. The summed E-state index contributed by atoms with van der Waals surface area (Å²) >= 11 is 5.90. The summed E-state index contributed by atoms with van der Waals surface area (Å²) in [5, 5.41) is 7.84.